The predicted octanol–water partition coefficient (Wildman–Crippen LogP) is 3.71. The van der Waals surface area contributed by atoms with Gasteiger partial charge >= 0.3 is 0 Å². The van der Waals surface area contributed by atoms with Gasteiger partial charge < -0.3 is 23.7 Å². The molecular formula is C23H23N3O4. The van der Waals surface area contributed by atoms with Crippen LogP contribution in [-0.4, -0.2) is 41.7 Å². The van der Waals surface area contributed by atoms with Gasteiger partial charge in [0.1, 0.15) is 5.76 Å². The van der Waals surface area contributed by atoms with Gasteiger partial charge in [0.05, 0.1) is 12.8 Å². The molecule has 0 saturated carbocycles. The number of nitrogens with zero attached hydrogens (tertiary/aromatic N) is 3. The SMILES string of the molecule is O=C(c1ccncc1)N(Cc1ccco1)C1CCN(c2ccc3c(c2)OCO3)CC1. The van der Waals surface area contributed by atoms with E-state index in [1.807, 2.05) is 29.2 Å². The first-order chi connectivity index (χ1) is 14.8. The van der Waals surface area contributed by atoms with Gasteiger partial charge in [-0.3, -0.25) is 9.78 Å². The maximum Gasteiger partial charge on any atom is 0.254 e. The minimum absolute atomic E-state index is 0.00956. The molecule has 3 aromatic rings. The van der Waals surface area contributed by atoms with Crippen molar-refractivity contribution in [3.05, 3.63) is 72.4 Å². The van der Waals surface area contributed by atoms with E-state index in [1.54, 1.807) is 30.8 Å². The Hall–Kier alpha value is -3.48. The highest BCUT2D eigenvalue weighted by Gasteiger charge is 2.30. The molecule has 1 aromatic carbocycles. The molecule has 7 heteroatoms. The zero-order valence-electron chi connectivity index (χ0n) is 16.6. The van der Waals surface area contributed by atoms with Crippen LogP contribution in [-0.2, 0) is 6.54 Å². The summed E-state index contributed by atoms with van der Waals surface area (Å²) >= 11 is 0. The number of rotatable bonds is 5. The second-order valence-corrected chi connectivity index (χ2v) is 7.50. The summed E-state index contributed by atoms with van der Waals surface area (Å²) in [6.45, 7) is 2.47. The highest BCUT2D eigenvalue weighted by molar-refractivity contribution is 5.94. The van der Waals surface area contributed by atoms with Gasteiger partial charge in [-0.1, -0.05) is 0 Å². The van der Waals surface area contributed by atoms with Crippen LogP contribution in [0.15, 0.2) is 65.5 Å². The smallest absolute Gasteiger partial charge is 0.254 e. The Morgan fingerprint density at radius 1 is 1.07 bits per heavy atom. The number of hydrogen-bond acceptors (Lipinski definition) is 6. The number of hydrogen-bond donors (Lipinski definition) is 0. The van der Waals surface area contributed by atoms with Gasteiger partial charge in [-0.2, -0.15) is 0 Å². The first-order valence-corrected chi connectivity index (χ1v) is 10.2. The van der Waals surface area contributed by atoms with E-state index in [4.69, 9.17) is 13.9 Å². The second-order valence-electron chi connectivity index (χ2n) is 7.50. The Kier molecular flexibility index (Phi) is 5.01. The number of pyridine rings is 1. The molecule has 1 fully saturated rings. The zero-order chi connectivity index (χ0) is 20.3. The third-order valence-electron chi connectivity index (χ3n) is 5.72. The van der Waals surface area contributed by atoms with Crippen LogP contribution >= 0.6 is 0 Å². The van der Waals surface area contributed by atoms with Crippen molar-refractivity contribution in [2.24, 2.45) is 0 Å². The Morgan fingerprint density at radius 2 is 1.87 bits per heavy atom. The number of furan rings is 1. The van der Waals surface area contributed by atoms with Crippen LogP contribution in [0.1, 0.15) is 29.0 Å². The largest absolute Gasteiger partial charge is 0.467 e. The summed E-state index contributed by atoms with van der Waals surface area (Å²) in [5.41, 5.74) is 1.77. The number of anilines is 1. The maximum atomic E-state index is 13.3. The Labute approximate surface area is 174 Å². The monoisotopic (exact) mass is 405 g/mol. The van der Waals surface area contributed by atoms with E-state index in [0.29, 0.717) is 12.1 Å². The highest BCUT2D eigenvalue weighted by Crippen LogP contribution is 2.36. The van der Waals surface area contributed by atoms with Crippen LogP contribution in [0.4, 0.5) is 5.69 Å². The molecule has 1 saturated heterocycles. The van der Waals surface area contributed by atoms with E-state index >= 15 is 0 Å². The number of ether oxygens (including phenoxy) is 2. The number of piperidine rings is 1. The van der Waals surface area contributed by atoms with E-state index < -0.39 is 0 Å². The minimum atomic E-state index is 0.00956. The van der Waals surface area contributed by atoms with Crippen molar-refractivity contribution in [2.75, 3.05) is 24.8 Å². The second kappa shape index (κ2) is 8.10. The molecule has 1 amide bonds. The number of aromatic nitrogens is 1. The van der Waals surface area contributed by atoms with E-state index in [-0.39, 0.29) is 18.7 Å². The molecule has 30 heavy (non-hydrogen) atoms. The van der Waals surface area contributed by atoms with Crippen molar-refractivity contribution < 1.29 is 18.7 Å². The summed E-state index contributed by atoms with van der Waals surface area (Å²) in [7, 11) is 0. The molecule has 5 rings (SSSR count). The molecule has 0 aliphatic carbocycles. The number of carbonyl (C=O) groups excluding carboxylic acids is 1. The lowest BCUT2D eigenvalue weighted by molar-refractivity contribution is 0.0614. The van der Waals surface area contributed by atoms with Crippen molar-refractivity contribution >= 4 is 11.6 Å². The lowest BCUT2D eigenvalue weighted by Gasteiger charge is -2.39. The molecule has 0 bridgehead atoms. The molecule has 0 spiro atoms. The van der Waals surface area contributed by atoms with Crippen molar-refractivity contribution in [1.29, 1.82) is 0 Å². The summed E-state index contributed by atoms with van der Waals surface area (Å²) in [5.74, 6) is 2.38. The first-order valence-electron chi connectivity index (χ1n) is 10.2. The Morgan fingerprint density at radius 3 is 2.63 bits per heavy atom. The summed E-state index contributed by atoms with van der Waals surface area (Å²) < 4.78 is 16.5. The number of amides is 1. The minimum Gasteiger partial charge on any atom is -0.467 e. The molecule has 2 aromatic heterocycles. The fraction of sp³-hybridized carbons (Fsp3) is 0.304. The average molecular weight is 405 g/mol. The average Bonchev–Trinajstić information content (AvgIpc) is 3.49. The Balaban J connectivity index is 1.31. The topological polar surface area (TPSA) is 68.0 Å². The molecule has 154 valence electrons. The van der Waals surface area contributed by atoms with Crippen LogP contribution in [0, 0.1) is 0 Å². The van der Waals surface area contributed by atoms with Crippen molar-refractivity contribution in [2.45, 2.75) is 25.4 Å². The summed E-state index contributed by atoms with van der Waals surface area (Å²) in [4.78, 5) is 21.6. The summed E-state index contributed by atoms with van der Waals surface area (Å²) in [5, 5.41) is 0. The van der Waals surface area contributed by atoms with Crippen LogP contribution in [0.5, 0.6) is 11.5 Å². The van der Waals surface area contributed by atoms with E-state index in [2.05, 4.69) is 16.0 Å². The van der Waals surface area contributed by atoms with Crippen LogP contribution < -0.4 is 14.4 Å². The fourth-order valence-corrected chi connectivity index (χ4v) is 4.12. The van der Waals surface area contributed by atoms with Gasteiger partial charge in [0.25, 0.3) is 5.91 Å². The molecule has 0 unspecified atom stereocenters. The van der Waals surface area contributed by atoms with Gasteiger partial charge in [-0.05, 0) is 49.2 Å². The van der Waals surface area contributed by atoms with Crippen LogP contribution in [0.2, 0.25) is 0 Å². The van der Waals surface area contributed by atoms with Gasteiger partial charge in [0.2, 0.25) is 6.79 Å². The fourth-order valence-electron chi connectivity index (χ4n) is 4.12. The lowest BCUT2D eigenvalue weighted by Crippen LogP contribution is -2.47. The zero-order valence-corrected chi connectivity index (χ0v) is 16.6. The van der Waals surface area contributed by atoms with E-state index in [9.17, 15) is 4.79 Å². The Bertz CT molecular complexity index is 999. The predicted molar refractivity (Wildman–Crippen MR) is 111 cm³/mol. The third-order valence-corrected chi connectivity index (χ3v) is 5.72. The maximum absolute atomic E-state index is 13.3. The standard InChI is InChI=1S/C23H23N3O4/c27-23(17-5-9-24-10-6-17)26(15-20-2-1-13-28-20)18-7-11-25(12-8-18)19-3-4-21-22(14-19)30-16-29-21/h1-6,9-10,13-14,18H,7-8,11-12,15-16H2. The van der Waals surface area contributed by atoms with E-state index in [1.165, 1.54) is 0 Å². The van der Waals surface area contributed by atoms with Crippen molar-refractivity contribution in [1.82, 2.24) is 9.88 Å². The van der Waals surface area contributed by atoms with Gasteiger partial charge in [-0.25, -0.2) is 0 Å². The molecule has 4 heterocycles. The molecule has 2 aliphatic rings. The van der Waals surface area contributed by atoms with Crippen molar-refractivity contribution in [3.8, 4) is 11.5 Å². The molecule has 0 N–H and O–H groups in total. The quantitative estimate of drug-likeness (QED) is 0.645. The van der Waals surface area contributed by atoms with E-state index in [0.717, 1.165) is 48.9 Å². The summed E-state index contributed by atoms with van der Waals surface area (Å²) in [6, 6.07) is 13.5. The van der Waals surface area contributed by atoms with Crippen LogP contribution in [0.3, 0.4) is 0 Å². The number of benzene rings is 1. The third kappa shape index (κ3) is 3.70. The van der Waals surface area contributed by atoms with Crippen molar-refractivity contribution in [3.63, 3.8) is 0 Å². The van der Waals surface area contributed by atoms with Gasteiger partial charge in [0.15, 0.2) is 11.5 Å². The van der Waals surface area contributed by atoms with Gasteiger partial charge in [-0.15, -0.1) is 0 Å². The van der Waals surface area contributed by atoms with Crippen LogP contribution in [0.25, 0.3) is 0 Å². The molecule has 0 radical (unpaired) electrons. The first kappa shape index (κ1) is 18.5. The number of fused-ring (bicyclic) bond motifs is 1. The number of carbonyl (C=O) groups is 1. The normalized spacial score (nSPS) is 15.9. The lowest BCUT2D eigenvalue weighted by atomic mass is 10.0. The molecule has 0 atom stereocenters. The molecule has 7 nitrogen and oxygen atoms in total. The van der Waals surface area contributed by atoms with Gasteiger partial charge in [0, 0.05) is 48.8 Å². The molecule has 2 aliphatic heterocycles. The summed E-state index contributed by atoms with van der Waals surface area (Å²) in [6.07, 6.45) is 6.71. The molecular weight excluding hydrogens is 382 g/mol. The highest BCUT2D eigenvalue weighted by atomic mass is 16.7.